The van der Waals surface area contributed by atoms with Crippen molar-refractivity contribution in [2.75, 3.05) is 0 Å². The maximum absolute atomic E-state index is 11.2. The molecule has 0 radical (unpaired) electrons. The Labute approximate surface area is 243 Å². The van der Waals surface area contributed by atoms with Gasteiger partial charge >= 0.3 is 0 Å². The summed E-state index contributed by atoms with van der Waals surface area (Å²) < 4.78 is 0. The third kappa shape index (κ3) is 4.16. The molecule has 2 N–H and O–H groups in total. The molecule has 0 unspecified atom stereocenters. The smallest absolute Gasteiger partial charge is 0.0957 e. The number of hydrogen-bond donors (Lipinski definition) is 2. The molecule has 0 spiro atoms. The third-order valence-electron chi connectivity index (χ3n) is 12.3. The van der Waals surface area contributed by atoms with Crippen LogP contribution in [0, 0.1) is 40.4 Å². The summed E-state index contributed by atoms with van der Waals surface area (Å²) in [5, 5.41) is 22.5. The second-order valence-electron chi connectivity index (χ2n) is 13.7. The van der Waals surface area contributed by atoms with Crippen LogP contribution in [0.5, 0.6) is 0 Å². The van der Waals surface area contributed by atoms with Crippen molar-refractivity contribution >= 4 is 0 Å². The molecule has 0 aliphatic heterocycles. The van der Waals surface area contributed by atoms with Gasteiger partial charge in [-0.2, -0.15) is 0 Å². The SMILES string of the molecule is C=C[CH2-].CC1(C)[C@@H]2CC[C@@]1(C)[C@@](O)(c1ccccc1)C2.CC1(C)[C@@H]2CC[C@@]1(C)[C@@](O)(c1ccccc1)C2.[Cr]. The van der Waals surface area contributed by atoms with Crippen molar-refractivity contribution in [2.24, 2.45) is 33.5 Å². The van der Waals surface area contributed by atoms with E-state index in [0.29, 0.717) is 11.8 Å². The van der Waals surface area contributed by atoms with E-state index in [1.54, 1.807) is 0 Å². The van der Waals surface area contributed by atoms with Crippen LogP contribution in [0.25, 0.3) is 0 Å². The molecule has 2 aromatic rings. The fourth-order valence-electron chi connectivity index (χ4n) is 8.85. The van der Waals surface area contributed by atoms with Gasteiger partial charge in [0.15, 0.2) is 0 Å². The molecule has 4 bridgehead atoms. The van der Waals surface area contributed by atoms with Gasteiger partial charge in [0.05, 0.1) is 11.2 Å². The summed E-state index contributed by atoms with van der Waals surface area (Å²) >= 11 is 0. The van der Waals surface area contributed by atoms with Crippen LogP contribution in [0.15, 0.2) is 73.3 Å². The molecule has 2 nitrogen and oxygen atoms in total. The summed E-state index contributed by atoms with van der Waals surface area (Å²) in [6.07, 6.45) is 8.21. The Hall–Kier alpha value is -1.50. The summed E-state index contributed by atoms with van der Waals surface area (Å²) in [7, 11) is 0. The van der Waals surface area contributed by atoms with E-state index in [4.69, 9.17) is 0 Å². The van der Waals surface area contributed by atoms with Crippen molar-refractivity contribution in [3.05, 3.63) is 91.4 Å². The molecule has 0 amide bonds. The zero-order valence-corrected chi connectivity index (χ0v) is 25.7. The molecular weight excluding hydrogens is 504 g/mol. The maximum Gasteiger partial charge on any atom is 0.0957 e. The summed E-state index contributed by atoms with van der Waals surface area (Å²) in [5.41, 5.74) is 1.50. The summed E-state index contributed by atoms with van der Waals surface area (Å²) in [6.45, 7) is 20.4. The second-order valence-corrected chi connectivity index (χ2v) is 13.7. The molecule has 3 heteroatoms. The fraction of sp³-hybridized carbons (Fsp3) is 0.571. The number of allylic oxidation sites excluding steroid dienone is 1. The molecule has 6 rings (SSSR count). The number of hydrogen-bond acceptors (Lipinski definition) is 2. The molecular formula is C35H49CrO2-. The van der Waals surface area contributed by atoms with E-state index in [2.05, 4.69) is 79.3 Å². The van der Waals surface area contributed by atoms with Crippen LogP contribution < -0.4 is 0 Å². The summed E-state index contributed by atoms with van der Waals surface area (Å²) in [4.78, 5) is 0. The first-order valence-corrected chi connectivity index (χ1v) is 14.2. The Morgan fingerprint density at radius 1 is 0.684 bits per heavy atom. The van der Waals surface area contributed by atoms with Gasteiger partial charge in [-0.15, -0.1) is 0 Å². The molecule has 4 fully saturated rings. The van der Waals surface area contributed by atoms with Crippen molar-refractivity contribution in [3.63, 3.8) is 0 Å². The molecule has 0 aromatic heterocycles. The van der Waals surface area contributed by atoms with Crippen molar-refractivity contribution in [2.45, 2.75) is 91.3 Å². The topological polar surface area (TPSA) is 40.5 Å². The van der Waals surface area contributed by atoms with Crippen molar-refractivity contribution < 1.29 is 27.6 Å². The Bertz CT molecular complexity index is 1010. The number of fused-ring (bicyclic) bond motifs is 4. The van der Waals surface area contributed by atoms with Crippen LogP contribution >= 0.6 is 0 Å². The van der Waals surface area contributed by atoms with Crippen LogP contribution in [0.1, 0.15) is 91.2 Å². The molecule has 4 saturated carbocycles. The van der Waals surface area contributed by atoms with Gasteiger partial charge in [-0.05, 0) is 72.3 Å². The van der Waals surface area contributed by atoms with Gasteiger partial charge in [0, 0.05) is 28.2 Å². The first-order valence-electron chi connectivity index (χ1n) is 14.2. The Morgan fingerprint density at radius 2 is 0.974 bits per heavy atom. The molecule has 0 heterocycles. The molecule has 0 saturated heterocycles. The average Bonchev–Trinajstić information content (AvgIpc) is 3.37. The van der Waals surface area contributed by atoms with Crippen LogP contribution in [0.3, 0.4) is 0 Å². The number of aliphatic hydroxyl groups is 2. The molecule has 6 atom stereocenters. The van der Waals surface area contributed by atoms with Crippen LogP contribution in [-0.2, 0) is 28.6 Å². The van der Waals surface area contributed by atoms with Crippen molar-refractivity contribution in [1.82, 2.24) is 0 Å². The van der Waals surface area contributed by atoms with Gasteiger partial charge in [-0.25, -0.2) is 19.6 Å². The zero-order chi connectivity index (χ0) is 27.3. The van der Waals surface area contributed by atoms with Gasteiger partial charge in [0.25, 0.3) is 0 Å². The van der Waals surface area contributed by atoms with E-state index in [0.717, 1.165) is 36.8 Å². The molecule has 38 heavy (non-hydrogen) atoms. The maximum atomic E-state index is 11.2. The Morgan fingerprint density at radius 3 is 1.18 bits per heavy atom. The normalized spacial score (nSPS) is 38.7. The first kappa shape index (κ1) is 31.0. The second kappa shape index (κ2) is 10.5. The number of benzene rings is 2. The van der Waals surface area contributed by atoms with Crippen LogP contribution in [0.2, 0.25) is 0 Å². The van der Waals surface area contributed by atoms with Crippen molar-refractivity contribution in [1.29, 1.82) is 0 Å². The third-order valence-corrected chi connectivity index (χ3v) is 12.3. The standard InChI is InChI=1S/2C16H22O.C3H5.Cr/c2*1-14(2)13-9-10-15(14,3)16(17,11-13)12-7-5-4-6-8-12;1-3-2;/h2*4-8,13,17H,9-11H2,1-3H3;3H,1-2H2;/q;;-1;/t2*13-,15-,16+;;/m11../s1. The summed E-state index contributed by atoms with van der Waals surface area (Å²) in [5.74, 6) is 1.33. The average molecular weight is 554 g/mol. The van der Waals surface area contributed by atoms with E-state index in [1.165, 1.54) is 18.9 Å². The van der Waals surface area contributed by atoms with E-state index >= 15 is 0 Å². The van der Waals surface area contributed by atoms with Crippen LogP contribution in [-0.4, -0.2) is 10.2 Å². The number of rotatable bonds is 2. The minimum Gasteiger partial charge on any atom is -0.385 e. The predicted molar refractivity (Wildman–Crippen MR) is 155 cm³/mol. The van der Waals surface area contributed by atoms with Gasteiger partial charge in [0.1, 0.15) is 0 Å². The quantitative estimate of drug-likeness (QED) is 0.366. The van der Waals surface area contributed by atoms with E-state index in [9.17, 15) is 10.2 Å². The van der Waals surface area contributed by atoms with E-state index in [-0.39, 0.29) is 39.0 Å². The fourth-order valence-corrected chi connectivity index (χ4v) is 8.85. The minimum atomic E-state index is -0.624. The molecule has 4 aliphatic rings. The van der Waals surface area contributed by atoms with Gasteiger partial charge in [-0.1, -0.05) is 102 Å². The van der Waals surface area contributed by atoms with Gasteiger partial charge < -0.3 is 10.2 Å². The monoisotopic (exact) mass is 553 g/mol. The van der Waals surface area contributed by atoms with Gasteiger partial charge in [-0.3, -0.25) is 0 Å². The molecule has 4 aliphatic carbocycles. The molecule has 208 valence electrons. The minimum absolute atomic E-state index is 0. The van der Waals surface area contributed by atoms with E-state index < -0.39 is 11.2 Å². The molecule has 2 aromatic carbocycles. The predicted octanol–water partition coefficient (Wildman–Crippen LogP) is 8.44. The summed E-state index contributed by atoms with van der Waals surface area (Å²) in [6, 6.07) is 20.5. The zero-order valence-electron chi connectivity index (χ0n) is 24.5. The first-order chi connectivity index (χ1) is 17.2. The van der Waals surface area contributed by atoms with Crippen LogP contribution in [0.4, 0.5) is 0 Å². The Balaban J connectivity index is 0.000000187. The largest absolute Gasteiger partial charge is 0.385 e. The van der Waals surface area contributed by atoms with Gasteiger partial charge in [0.2, 0.25) is 0 Å². The van der Waals surface area contributed by atoms with E-state index in [1.807, 2.05) is 36.4 Å². The van der Waals surface area contributed by atoms with Crippen molar-refractivity contribution in [3.8, 4) is 0 Å². The Kier molecular flexibility index (Phi) is 8.56.